The number of aliphatic carboxylic acids is 3. The first-order chi connectivity index (χ1) is 42.9. The summed E-state index contributed by atoms with van der Waals surface area (Å²) in [6, 6.07) is -3.66. The van der Waals surface area contributed by atoms with Crippen LogP contribution in [-0.4, -0.2) is 264 Å². The number of carboxylic acids is 3. The fourth-order valence-corrected chi connectivity index (χ4v) is 8.16. The molecule has 0 bridgehead atoms. The van der Waals surface area contributed by atoms with Crippen molar-refractivity contribution < 1.29 is 119 Å². The number of benzene rings is 1. The Morgan fingerprint density at radius 1 is 0.527 bits per heavy atom. The summed E-state index contributed by atoms with van der Waals surface area (Å²) in [4.78, 5) is 170. The van der Waals surface area contributed by atoms with Crippen LogP contribution in [0.25, 0.3) is 11.2 Å². The van der Waals surface area contributed by atoms with E-state index in [1.807, 2.05) is 0 Å². The first-order valence-corrected chi connectivity index (χ1v) is 27.8. The van der Waals surface area contributed by atoms with E-state index in [4.69, 9.17) is 15.9 Å². The SMILES string of the molecule is CNC(=O)[C@H](CCC(=O)O)NC(=O)[C@H](CCC(=O)NC[C@H](O)[C@@H](O)[C@H](O)[C@H](O)CO)NC(=O)[C@H](CCC(=O)O)NC(=O)[C@H](CCC(=O)NC[C@H](O)[C@@H](O)[C@H](O)[C@H](O)CO)NC(=O)CC[C@H](NC(=O)c1ccc(NCc2cnc3nc(N)[nH]c(=O)c3n2)cc1)C(=O)O. The van der Waals surface area contributed by atoms with Gasteiger partial charge < -0.3 is 120 Å². The van der Waals surface area contributed by atoms with E-state index in [2.05, 4.69) is 67.8 Å². The lowest BCUT2D eigenvalue weighted by Gasteiger charge is -2.27. The van der Waals surface area contributed by atoms with Gasteiger partial charge >= 0.3 is 17.9 Å². The van der Waals surface area contributed by atoms with Crippen molar-refractivity contribution in [3.05, 3.63) is 52.1 Å². The number of carbonyl (C=O) groups is 11. The summed E-state index contributed by atoms with van der Waals surface area (Å²) in [5.41, 5.74) is 5.58. The maximum Gasteiger partial charge on any atom is 0.326 e. The second-order valence-electron chi connectivity index (χ2n) is 20.4. The van der Waals surface area contributed by atoms with Crippen molar-refractivity contribution in [2.75, 3.05) is 44.4 Å². The highest BCUT2D eigenvalue weighted by atomic mass is 16.4. The van der Waals surface area contributed by atoms with Crippen molar-refractivity contribution in [1.29, 1.82) is 0 Å². The first-order valence-electron chi connectivity index (χ1n) is 27.8. The van der Waals surface area contributed by atoms with Crippen LogP contribution in [0.3, 0.4) is 0 Å². The Hall–Kier alpha value is -9.19. The van der Waals surface area contributed by atoms with Crippen molar-refractivity contribution in [2.24, 2.45) is 0 Å². The zero-order chi connectivity index (χ0) is 68.2. The van der Waals surface area contributed by atoms with Crippen LogP contribution in [-0.2, 0) is 54.5 Å². The van der Waals surface area contributed by atoms with E-state index < -0.39 is 240 Å². The predicted molar refractivity (Wildman–Crippen MR) is 307 cm³/mol. The molecule has 1 aromatic carbocycles. The summed E-state index contributed by atoms with van der Waals surface area (Å²) in [6.07, 6.45) is -22.1. The molecule has 0 spiro atoms. The summed E-state index contributed by atoms with van der Waals surface area (Å²) in [6.45, 7) is -3.62. The van der Waals surface area contributed by atoms with E-state index in [9.17, 15) is 114 Å². The van der Waals surface area contributed by atoms with E-state index >= 15 is 0 Å². The number of aromatic amines is 1. The molecule has 0 radical (unpaired) electrons. The normalized spacial score (nSPS) is 15.5. The number of fused-ring (bicyclic) bond motifs is 1. The largest absolute Gasteiger partial charge is 0.481 e. The van der Waals surface area contributed by atoms with Gasteiger partial charge in [0.05, 0.1) is 43.9 Å². The third-order valence-electron chi connectivity index (χ3n) is 13.4. The van der Waals surface area contributed by atoms with E-state index in [1.165, 1.54) is 30.5 Å². The molecule has 0 aliphatic heterocycles. The van der Waals surface area contributed by atoms with Crippen molar-refractivity contribution >= 4 is 88.0 Å². The van der Waals surface area contributed by atoms with Gasteiger partial charge in [-0.25, -0.2) is 14.8 Å². The number of aromatic nitrogens is 4. The molecule has 91 heavy (non-hydrogen) atoms. The molecule has 3 rings (SSSR count). The quantitative estimate of drug-likeness (QED) is 0.0251. The fraction of sp³-hybridized carbons (Fsp3) is 0.558. The van der Waals surface area contributed by atoms with Crippen LogP contribution in [0.15, 0.2) is 35.3 Å². The maximum atomic E-state index is 14.2. The lowest BCUT2D eigenvalue weighted by molar-refractivity contribution is -0.140. The van der Waals surface area contributed by atoms with Crippen LogP contribution >= 0.6 is 0 Å². The van der Waals surface area contributed by atoms with Crippen molar-refractivity contribution in [3.8, 4) is 0 Å². The number of nitrogens with one attached hydrogen (secondary N) is 10. The number of rotatable bonds is 41. The number of H-pyrrole nitrogens is 1. The monoisotopic (exact) mass is 1300 g/mol. The van der Waals surface area contributed by atoms with Gasteiger partial charge in [-0.05, 0) is 56.4 Å². The Morgan fingerprint density at radius 2 is 0.945 bits per heavy atom. The lowest BCUT2D eigenvalue weighted by atomic mass is 10.0. The fourth-order valence-electron chi connectivity index (χ4n) is 8.16. The van der Waals surface area contributed by atoms with Crippen molar-refractivity contribution in [3.63, 3.8) is 0 Å². The third-order valence-corrected chi connectivity index (χ3v) is 13.4. The van der Waals surface area contributed by atoms with Gasteiger partial charge in [-0.15, -0.1) is 0 Å². The van der Waals surface area contributed by atoms with Gasteiger partial charge in [0.15, 0.2) is 11.2 Å². The number of amides is 8. The number of nitrogen functional groups attached to an aromatic ring is 1. The van der Waals surface area contributed by atoms with E-state index in [0.29, 0.717) is 11.4 Å². The summed E-state index contributed by atoms with van der Waals surface area (Å²) in [5, 5.41) is 148. The van der Waals surface area contributed by atoms with Crippen LogP contribution in [0.1, 0.15) is 80.3 Å². The lowest BCUT2D eigenvalue weighted by Crippen LogP contribution is -2.58. The molecule has 0 fully saturated rings. The van der Waals surface area contributed by atoms with Gasteiger partial charge in [0.25, 0.3) is 11.5 Å². The minimum atomic E-state index is -2.12. The molecule has 3 aromatic rings. The summed E-state index contributed by atoms with van der Waals surface area (Å²) >= 11 is 0. The smallest absolute Gasteiger partial charge is 0.326 e. The van der Waals surface area contributed by atoms with Crippen LogP contribution in [0.5, 0.6) is 0 Å². The van der Waals surface area contributed by atoms with Gasteiger partial charge in [-0.2, -0.15) is 4.98 Å². The Kier molecular flexibility index (Phi) is 31.5. The highest BCUT2D eigenvalue weighted by molar-refractivity contribution is 5.98. The maximum absolute atomic E-state index is 14.2. The van der Waals surface area contributed by atoms with Gasteiger partial charge in [-0.3, -0.25) is 57.7 Å². The number of carboxylic acid groups (broad SMARTS) is 3. The number of carbonyl (C=O) groups excluding carboxylic acids is 8. The zero-order valence-corrected chi connectivity index (χ0v) is 48.6. The molecule has 0 aliphatic carbocycles. The Bertz CT molecular complexity index is 3050. The van der Waals surface area contributed by atoms with Crippen molar-refractivity contribution in [2.45, 2.75) is 150 Å². The number of aliphatic hydroxyl groups excluding tert-OH is 10. The Morgan fingerprint density at radius 3 is 1.38 bits per heavy atom. The average molecular weight is 1300 g/mol. The van der Waals surface area contributed by atoms with Gasteiger partial charge in [0.2, 0.25) is 47.3 Å². The molecule has 0 saturated heterocycles. The highest BCUT2D eigenvalue weighted by Gasteiger charge is 2.35. The Balaban J connectivity index is 1.88. The van der Waals surface area contributed by atoms with E-state index in [1.54, 1.807) is 0 Å². The molecule has 39 nitrogen and oxygen atoms in total. The molecule has 39 heteroatoms. The molecule has 8 amide bonds. The van der Waals surface area contributed by atoms with E-state index in [-0.39, 0.29) is 29.2 Å². The van der Waals surface area contributed by atoms with E-state index in [0.717, 1.165) is 7.05 Å². The molecule has 504 valence electrons. The van der Waals surface area contributed by atoms with Crippen LogP contribution in [0.2, 0.25) is 0 Å². The minimum absolute atomic E-state index is 0.0144. The van der Waals surface area contributed by atoms with Crippen LogP contribution in [0, 0.1) is 0 Å². The summed E-state index contributed by atoms with van der Waals surface area (Å²) < 4.78 is 0. The highest BCUT2D eigenvalue weighted by Crippen LogP contribution is 2.15. The topological polar surface area (TPSA) is 657 Å². The number of hydrogen-bond donors (Lipinski definition) is 24. The number of likely N-dealkylation sites (N-methyl/N-ethyl adjacent to an activating group) is 1. The minimum Gasteiger partial charge on any atom is -0.481 e. The summed E-state index contributed by atoms with van der Waals surface area (Å²) in [5.74, 6) is -13.7. The number of anilines is 2. The molecule has 2 heterocycles. The number of hydrogen-bond acceptors (Lipinski definition) is 27. The third kappa shape index (κ3) is 25.7. The molecule has 0 saturated carbocycles. The number of aliphatic hydroxyl groups is 10. The summed E-state index contributed by atoms with van der Waals surface area (Å²) in [7, 11) is 1.14. The van der Waals surface area contributed by atoms with Crippen molar-refractivity contribution in [1.82, 2.24) is 62.5 Å². The molecular formula is C52H76N14O25. The second kappa shape index (κ2) is 37.7. The molecule has 0 aliphatic rings. The molecule has 13 atom stereocenters. The molecule has 25 N–H and O–H groups in total. The van der Waals surface area contributed by atoms with Gasteiger partial charge in [0.1, 0.15) is 66.8 Å². The average Bonchev–Trinajstić information content (AvgIpc) is 2.34. The van der Waals surface area contributed by atoms with Gasteiger partial charge in [0, 0.05) is 63.5 Å². The Labute approximate surface area is 514 Å². The second-order valence-corrected chi connectivity index (χ2v) is 20.4. The predicted octanol–water partition coefficient (Wildman–Crippen LogP) is -10.1. The van der Waals surface area contributed by atoms with Gasteiger partial charge in [-0.1, -0.05) is 0 Å². The zero-order valence-electron chi connectivity index (χ0n) is 48.6. The standard InChI is InChI=1S/C52H76N14O25/c1-54-46(85)25(9-14-37(76)77)61-48(87)27(7-12-35(74)57-19-31(70)41(81)43(83)33(72)21-68)62-49(88)28(10-15-38(78)79)63-47(86)26(6-11-34(73)56-18-30(69)40(80)42(82)32(71)20-67)60-36(75)13-8-29(51(90)91)64-45(84)22-2-4-23(5-3-22)55-16-24-17-58-44-39(59-24)50(89)66-52(53)65-44/h2-5,17,25-33,40-43,55,67-72,80-83H,6-16,18-21H2,1H3,(H,54,85)(H,56,73)(H,57,74)(H,60,75)(H,61,87)(H,62,88)(H,63,86)(H,64,84)(H,76,77)(H,78,79)(H,90,91)(H3,53,58,65,66,89)/t25-,26-,27-,28-,29-,30-,31-,32+,33+,40+,41+,42+,43+/m0/s1. The first kappa shape index (κ1) is 76.1. The van der Waals surface area contributed by atoms with Crippen LogP contribution in [0.4, 0.5) is 11.6 Å². The molecular weight excluding hydrogens is 1220 g/mol. The molecule has 2 aromatic heterocycles. The number of nitrogens with zero attached hydrogens (tertiary/aromatic N) is 3. The molecule has 0 unspecified atom stereocenters. The van der Waals surface area contributed by atoms with Crippen LogP contribution < -0.4 is 59.1 Å². The number of nitrogens with two attached hydrogens (primary N) is 1.